The molecule has 0 aromatic heterocycles. The van der Waals surface area contributed by atoms with Gasteiger partial charge in [-0.25, -0.2) is 0 Å². The van der Waals surface area contributed by atoms with E-state index in [2.05, 4.69) is 10.0 Å². The van der Waals surface area contributed by atoms with E-state index >= 15 is 0 Å². The Balaban J connectivity index is 2.14. The topological polar surface area (TPSA) is 84.3 Å². The Morgan fingerprint density at radius 3 is 2.50 bits per heavy atom. The van der Waals surface area contributed by atoms with Crippen molar-refractivity contribution < 1.29 is 14.3 Å². The lowest BCUT2D eigenvalue weighted by Gasteiger charge is -2.20. The van der Waals surface area contributed by atoms with Crippen LogP contribution in [0.1, 0.15) is 15.9 Å². The van der Waals surface area contributed by atoms with Crippen LogP contribution in [0.25, 0.3) is 10.4 Å². The van der Waals surface area contributed by atoms with Crippen LogP contribution >= 0.6 is 11.6 Å². The highest BCUT2D eigenvalue weighted by atomic mass is 35.5. The predicted molar refractivity (Wildman–Crippen MR) is 81.1 cm³/mol. The van der Waals surface area contributed by atoms with E-state index in [9.17, 15) is 4.79 Å². The number of hydrogen-bond acceptors (Lipinski definition) is 4. The number of fused-ring (bicyclic) bond motifs is 1. The third kappa shape index (κ3) is 2.57. The quantitative estimate of drug-likeness (QED) is 0.366. The first-order valence-corrected chi connectivity index (χ1v) is 6.86. The summed E-state index contributed by atoms with van der Waals surface area (Å²) in [6.45, 7) is 0.800. The zero-order valence-electron chi connectivity index (χ0n) is 11.3. The second-order valence-electron chi connectivity index (χ2n) is 4.51. The molecule has 1 aliphatic rings. The van der Waals surface area contributed by atoms with Crippen LogP contribution in [0.5, 0.6) is 11.5 Å². The third-order valence-electron chi connectivity index (χ3n) is 3.18. The highest BCUT2D eigenvalue weighted by Gasteiger charge is 2.21. The molecule has 0 bridgehead atoms. The van der Waals surface area contributed by atoms with Gasteiger partial charge in [-0.05, 0) is 29.8 Å². The van der Waals surface area contributed by atoms with Crippen LogP contribution in [-0.2, 0) is 0 Å². The number of carbonyl (C=O) groups is 1. The van der Waals surface area contributed by atoms with Crippen LogP contribution in [0.4, 0.5) is 5.69 Å². The summed E-state index contributed by atoms with van der Waals surface area (Å²) in [5.41, 5.74) is 9.43. The normalized spacial score (nSPS) is 12.4. The second kappa shape index (κ2) is 5.97. The number of azide groups is 1. The van der Waals surface area contributed by atoms with Gasteiger partial charge in [-0.2, -0.15) is 0 Å². The minimum atomic E-state index is -0.343. The molecule has 7 heteroatoms. The summed E-state index contributed by atoms with van der Waals surface area (Å²) in [5, 5.41) is 3.90. The molecule has 0 radical (unpaired) electrons. The number of hydrogen-bond donors (Lipinski definition) is 0. The van der Waals surface area contributed by atoms with Crippen molar-refractivity contribution >= 4 is 23.1 Å². The minimum absolute atomic E-state index is 0.177. The van der Waals surface area contributed by atoms with Crippen LogP contribution < -0.4 is 9.47 Å². The lowest BCUT2D eigenvalue weighted by Crippen LogP contribution is -2.16. The number of carbonyl (C=O) groups excluding carboxylic acids is 1. The molecule has 0 fully saturated rings. The molecule has 2 aromatic rings. The Bertz CT molecular complexity index is 801. The number of nitrogens with zero attached hydrogens (tertiary/aromatic N) is 3. The number of halogens is 1. The first-order valence-electron chi connectivity index (χ1n) is 6.48. The largest absolute Gasteiger partial charge is 0.486 e. The molecule has 2 aromatic carbocycles. The highest BCUT2D eigenvalue weighted by Crippen LogP contribution is 2.38. The summed E-state index contributed by atoms with van der Waals surface area (Å²) < 4.78 is 10.9. The molecule has 0 saturated carbocycles. The lowest BCUT2D eigenvalue weighted by atomic mass is 10.0. The molecular weight excluding hydrogens is 306 g/mol. The van der Waals surface area contributed by atoms with Crippen molar-refractivity contribution in [3.05, 3.63) is 63.0 Å². The number of ether oxygens (including phenoxy) is 2. The highest BCUT2D eigenvalue weighted by molar-refractivity contribution is 6.35. The maximum atomic E-state index is 12.7. The molecule has 1 aliphatic heterocycles. The van der Waals surface area contributed by atoms with Gasteiger partial charge >= 0.3 is 0 Å². The van der Waals surface area contributed by atoms with Crippen molar-refractivity contribution in [2.24, 2.45) is 5.11 Å². The Labute approximate surface area is 130 Å². The Kier molecular flexibility index (Phi) is 3.87. The Morgan fingerprint density at radius 2 is 1.82 bits per heavy atom. The molecule has 0 atom stereocenters. The average Bonchev–Trinajstić information content (AvgIpc) is 2.54. The van der Waals surface area contributed by atoms with Gasteiger partial charge in [0.15, 0.2) is 17.3 Å². The zero-order chi connectivity index (χ0) is 15.5. The predicted octanol–water partition coefficient (Wildman–Crippen LogP) is 4.28. The monoisotopic (exact) mass is 315 g/mol. The van der Waals surface area contributed by atoms with Gasteiger partial charge in [0.25, 0.3) is 0 Å². The molecule has 3 rings (SSSR count). The lowest BCUT2D eigenvalue weighted by molar-refractivity contribution is 0.103. The van der Waals surface area contributed by atoms with Crippen LogP contribution in [0.2, 0.25) is 5.02 Å². The molecule has 0 aliphatic carbocycles. The molecule has 0 saturated heterocycles. The van der Waals surface area contributed by atoms with Crippen LogP contribution in [0, 0.1) is 0 Å². The fourth-order valence-electron chi connectivity index (χ4n) is 2.18. The maximum Gasteiger partial charge on any atom is 0.195 e. The molecule has 22 heavy (non-hydrogen) atoms. The zero-order valence-corrected chi connectivity index (χ0v) is 12.1. The molecule has 1 heterocycles. The van der Waals surface area contributed by atoms with Gasteiger partial charge in [0.1, 0.15) is 13.2 Å². The standard InChI is InChI=1S/C15H10ClN3O3/c16-11-4-2-1-3-9(11)15(20)10-7-13-14(22-6-5-21-13)8-12(10)18-19-17/h1-4,7-8H,5-6H2. The van der Waals surface area contributed by atoms with Crippen molar-refractivity contribution in [1.29, 1.82) is 0 Å². The summed E-state index contributed by atoms with van der Waals surface area (Å²) in [4.78, 5) is 15.4. The summed E-state index contributed by atoms with van der Waals surface area (Å²) in [5.74, 6) is 0.549. The number of ketones is 1. The number of rotatable bonds is 3. The van der Waals surface area contributed by atoms with Crippen molar-refractivity contribution in [1.82, 2.24) is 0 Å². The first kappa shape index (κ1) is 14.3. The molecule has 0 unspecified atom stereocenters. The van der Waals surface area contributed by atoms with E-state index in [0.717, 1.165) is 0 Å². The Hall–Kier alpha value is -2.69. The molecule has 6 nitrogen and oxygen atoms in total. The van der Waals surface area contributed by atoms with Gasteiger partial charge in [0.2, 0.25) is 0 Å². The Morgan fingerprint density at radius 1 is 1.14 bits per heavy atom. The van der Waals surface area contributed by atoms with E-state index in [1.54, 1.807) is 24.3 Å². The first-order chi connectivity index (χ1) is 10.7. The minimum Gasteiger partial charge on any atom is -0.486 e. The van der Waals surface area contributed by atoms with E-state index in [-0.39, 0.29) is 17.0 Å². The van der Waals surface area contributed by atoms with Crippen molar-refractivity contribution in [3.63, 3.8) is 0 Å². The van der Waals surface area contributed by atoms with Crippen molar-refractivity contribution in [2.45, 2.75) is 0 Å². The molecular formula is C15H10ClN3O3. The maximum absolute atomic E-state index is 12.7. The van der Waals surface area contributed by atoms with Gasteiger partial charge in [0, 0.05) is 16.0 Å². The summed E-state index contributed by atoms with van der Waals surface area (Å²) in [6.07, 6.45) is 0. The van der Waals surface area contributed by atoms with Gasteiger partial charge in [-0.1, -0.05) is 28.8 Å². The van der Waals surface area contributed by atoms with E-state index in [1.165, 1.54) is 12.1 Å². The molecule has 110 valence electrons. The van der Waals surface area contributed by atoms with E-state index in [1.807, 2.05) is 0 Å². The average molecular weight is 316 g/mol. The van der Waals surface area contributed by atoms with Crippen LogP contribution in [0.15, 0.2) is 41.5 Å². The van der Waals surface area contributed by atoms with Gasteiger partial charge < -0.3 is 9.47 Å². The van der Waals surface area contributed by atoms with E-state index in [4.69, 9.17) is 26.6 Å². The fourth-order valence-corrected chi connectivity index (χ4v) is 2.40. The number of benzene rings is 2. The van der Waals surface area contributed by atoms with Gasteiger partial charge in [-0.3, -0.25) is 4.79 Å². The van der Waals surface area contributed by atoms with Crippen molar-refractivity contribution in [3.8, 4) is 11.5 Å². The molecule has 0 spiro atoms. The van der Waals surface area contributed by atoms with E-state index in [0.29, 0.717) is 35.3 Å². The summed E-state index contributed by atoms with van der Waals surface area (Å²) in [6, 6.07) is 9.70. The molecule has 0 N–H and O–H groups in total. The van der Waals surface area contributed by atoms with Gasteiger partial charge in [-0.15, -0.1) is 0 Å². The summed E-state index contributed by atoms with van der Waals surface area (Å²) in [7, 11) is 0. The third-order valence-corrected chi connectivity index (χ3v) is 3.51. The van der Waals surface area contributed by atoms with Crippen LogP contribution in [-0.4, -0.2) is 19.0 Å². The SMILES string of the molecule is [N-]=[N+]=Nc1cc2c(cc1C(=O)c1ccccc1Cl)OCCO2. The smallest absolute Gasteiger partial charge is 0.195 e. The van der Waals surface area contributed by atoms with Crippen LogP contribution in [0.3, 0.4) is 0 Å². The summed E-state index contributed by atoms with van der Waals surface area (Å²) >= 11 is 6.06. The van der Waals surface area contributed by atoms with E-state index < -0.39 is 0 Å². The van der Waals surface area contributed by atoms with Crippen molar-refractivity contribution in [2.75, 3.05) is 13.2 Å². The second-order valence-corrected chi connectivity index (χ2v) is 4.92. The fraction of sp³-hybridized carbons (Fsp3) is 0.133. The molecule has 0 amide bonds. The van der Waals surface area contributed by atoms with Gasteiger partial charge in [0.05, 0.1) is 10.7 Å².